The van der Waals surface area contributed by atoms with Gasteiger partial charge in [-0.1, -0.05) is 187 Å². The lowest BCUT2D eigenvalue weighted by molar-refractivity contribution is -0.142. The van der Waals surface area contributed by atoms with Gasteiger partial charge in [0.05, 0.1) is 0 Å². The highest BCUT2D eigenvalue weighted by Crippen LogP contribution is 2.22. The fourth-order valence-electron chi connectivity index (χ4n) is 6.56. The number of esters is 1. The molecule has 0 unspecified atom stereocenters. The first kappa shape index (κ1) is 45.0. The number of ether oxygens (including phenoxy) is 1. The van der Waals surface area contributed by atoms with Crippen molar-refractivity contribution in [3.63, 3.8) is 0 Å². The summed E-state index contributed by atoms with van der Waals surface area (Å²) in [6.07, 6.45) is 44.9. The van der Waals surface area contributed by atoms with E-state index < -0.39 is 0 Å². The van der Waals surface area contributed by atoms with E-state index in [2.05, 4.69) is 59.8 Å². The first-order valence-electron chi connectivity index (χ1n) is 20.8. The van der Waals surface area contributed by atoms with Gasteiger partial charge in [-0.05, 0) is 75.7 Å². The van der Waals surface area contributed by atoms with E-state index in [4.69, 9.17) is 4.74 Å². The Morgan fingerprint density at radius 2 is 0.957 bits per heavy atom. The smallest absolute Gasteiger partial charge is 0.306 e. The van der Waals surface area contributed by atoms with Gasteiger partial charge in [-0.3, -0.25) is 4.79 Å². The molecule has 0 aromatic rings. The minimum Gasteiger partial charge on any atom is -0.461 e. The van der Waals surface area contributed by atoms with Gasteiger partial charge < -0.3 is 4.74 Å². The summed E-state index contributed by atoms with van der Waals surface area (Å²) < 4.78 is 5.48. The molecule has 0 fully saturated rings. The third-order valence-corrected chi connectivity index (χ3v) is 9.96. The zero-order chi connectivity index (χ0) is 33.9. The molecule has 0 aliphatic rings. The van der Waals surface area contributed by atoms with Crippen molar-refractivity contribution in [3.05, 3.63) is 23.8 Å². The molecule has 0 aliphatic heterocycles. The Morgan fingerprint density at radius 3 is 1.46 bits per heavy atom. The van der Waals surface area contributed by atoms with E-state index in [-0.39, 0.29) is 5.97 Å². The Morgan fingerprint density at radius 1 is 0.522 bits per heavy atom. The topological polar surface area (TPSA) is 26.3 Å². The van der Waals surface area contributed by atoms with E-state index >= 15 is 0 Å². The summed E-state index contributed by atoms with van der Waals surface area (Å²) in [5, 5.41) is 0. The largest absolute Gasteiger partial charge is 0.461 e. The van der Waals surface area contributed by atoms with Crippen LogP contribution in [0.4, 0.5) is 0 Å². The maximum Gasteiger partial charge on any atom is 0.306 e. The molecule has 0 N–H and O–H groups in total. The normalized spacial score (nSPS) is 13.6. The molecule has 2 nitrogen and oxygen atoms in total. The van der Waals surface area contributed by atoms with Gasteiger partial charge in [0.25, 0.3) is 0 Å². The first-order valence-corrected chi connectivity index (χ1v) is 20.8. The molecule has 0 saturated carbocycles. The highest BCUT2D eigenvalue weighted by atomic mass is 16.5. The van der Waals surface area contributed by atoms with Crippen molar-refractivity contribution in [3.8, 4) is 0 Å². The summed E-state index contributed by atoms with van der Waals surface area (Å²) in [6.45, 7) is 14.4. The van der Waals surface area contributed by atoms with Gasteiger partial charge in [0, 0.05) is 6.42 Å². The van der Waals surface area contributed by atoms with Gasteiger partial charge in [-0.25, -0.2) is 0 Å². The summed E-state index contributed by atoms with van der Waals surface area (Å²) >= 11 is 0. The second-order valence-electron chi connectivity index (χ2n) is 15.5. The van der Waals surface area contributed by atoms with Gasteiger partial charge in [0.2, 0.25) is 0 Å². The molecule has 272 valence electrons. The van der Waals surface area contributed by atoms with Gasteiger partial charge >= 0.3 is 5.97 Å². The molecule has 0 aliphatic carbocycles. The molecule has 0 radical (unpaired) electrons. The van der Waals surface area contributed by atoms with Crippen LogP contribution in [0.3, 0.4) is 0 Å². The van der Waals surface area contributed by atoms with Crippen molar-refractivity contribution < 1.29 is 9.53 Å². The zero-order valence-corrected chi connectivity index (χ0v) is 32.5. The predicted octanol–water partition coefficient (Wildman–Crippen LogP) is 15.3. The van der Waals surface area contributed by atoms with Crippen LogP contribution in [-0.2, 0) is 9.53 Å². The second-order valence-corrected chi connectivity index (χ2v) is 15.5. The molecule has 0 amide bonds. The highest BCUT2D eigenvalue weighted by Gasteiger charge is 2.07. The number of hydrogen-bond donors (Lipinski definition) is 0. The highest BCUT2D eigenvalue weighted by molar-refractivity contribution is 5.69. The number of allylic oxidation sites excluding steroid dienone is 3. The van der Waals surface area contributed by atoms with E-state index in [1.54, 1.807) is 0 Å². The first-order chi connectivity index (χ1) is 22.3. The van der Waals surface area contributed by atoms with Crippen molar-refractivity contribution in [2.24, 2.45) is 17.8 Å². The third kappa shape index (κ3) is 35.8. The van der Waals surface area contributed by atoms with Crippen LogP contribution in [0.25, 0.3) is 0 Å². The van der Waals surface area contributed by atoms with Crippen molar-refractivity contribution in [1.82, 2.24) is 0 Å². The maximum absolute atomic E-state index is 12.1. The van der Waals surface area contributed by atoms with E-state index in [0.29, 0.717) is 13.0 Å². The average Bonchev–Trinajstić information content (AvgIpc) is 3.01. The molecular weight excluding hydrogens is 560 g/mol. The Bertz CT molecular complexity index is 690. The van der Waals surface area contributed by atoms with Crippen LogP contribution in [-0.4, -0.2) is 12.6 Å². The molecule has 0 spiro atoms. The molecule has 0 aromatic carbocycles. The van der Waals surface area contributed by atoms with Crippen molar-refractivity contribution in [2.75, 3.05) is 6.61 Å². The zero-order valence-electron chi connectivity index (χ0n) is 32.5. The quantitative estimate of drug-likeness (QED) is 0.0390. The summed E-state index contributed by atoms with van der Waals surface area (Å²) in [6, 6.07) is 0. The molecule has 0 bridgehead atoms. The van der Waals surface area contributed by atoms with Crippen molar-refractivity contribution in [2.45, 2.75) is 228 Å². The lowest BCUT2D eigenvalue weighted by atomic mass is 9.91. The van der Waals surface area contributed by atoms with Gasteiger partial charge in [0.15, 0.2) is 0 Å². The van der Waals surface area contributed by atoms with E-state index in [9.17, 15) is 4.79 Å². The van der Waals surface area contributed by atoms with Gasteiger partial charge in [-0.15, -0.1) is 0 Å². The number of carbonyl (C=O) groups excluding carboxylic acids is 1. The number of carbonyl (C=O) groups is 1. The molecule has 2 atom stereocenters. The Hall–Kier alpha value is -1.05. The van der Waals surface area contributed by atoms with Gasteiger partial charge in [-0.2, -0.15) is 0 Å². The molecule has 0 heterocycles. The lowest BCUT2D eigenvalue weighted by Gasteiger charge is -2.15. The fraction of sp³-hybridized carbons (Fsp3) is 0.886. The van der Waals surface area contributed by atoms with Crippen LogP contribution in [0.2, 0.25) is 0 Å². The maximum atomic E-state index is 12.1. The summed E-state index contributed by atoms with van der Waals surface area (Å²) in [7, 11) is 0. The van der Waals surface area contributed by atoms with Crippen LogP contribution in [0.1, 0.15) is 228 Å². The summed E-state index contributed by atoms with van der Waals surface area (Å²) in [5.41, 5.74) is 1.37. The summed E-state index contributed by atoms with van der Waals surface area (Å²) in [4.78, 5) is 12.1. The molecule has 46 heavy (non-hydrogen) atoms. The summed E-state index contributed by atoms with van der Waals surface area (Å²) in [5.74, 6) is 2.53. The third-order valence-electron chi connectivity index (χ3n) is 9.96. The standard InChI is InChI=1S/C44H84O2/c1-7-8-9-10-11-12-13-14-15-16-17-18-19-20-21-22-23-24-25-26-27-37-44(45)46-39-38-43(6)36-30-35-42(5)34-29-33-41(4)32-28-31-40(2)3/h14-15,38,40-42H,7-13,16-37,39H2,1-6H3/b15-14-,43-38+/t41-,42-/m1/s1. The molecule has 0 rings (SSSR count). The molecule has 0 aromatic heterocycles. The van der Waals surface area contributed by atoms with Gasteiger partial charge in [0.1, 0.15) is 6.61 Å². The molecular formula is C44H84O2. The number of unbranched alkanes of at least 4 members (excludes halogenated alkanes) is 17. The van der Waals surface area contributed by atoms with Crippen LogP contribution in [0.15, 0.2) is 23.8 Å². The minimum atomic E-state index is -0.0237. The number of hydrogen-bond acceptors (Lipinski definition) is 2. The average molecular weight is 645 g/mol. The lowest BCUT2D eigenvalue weighted by Crippen LogP contribution is -2.04. The Kier molecular flexibility index (Phi) is 34.5. The van der Waals surface area contributed by atoms with Crippen LogP contribution < -0.4 is 0 Å². The van der Waals surface area contributed by atoms with Crippen molar-refractivity contribution >= 4 is 5.97 Å². The second kappa shape index (κ2) is 35.3. The monoisotopic (exact) mass is 645 g/mol. The van der Waals surface area contributed by atoms with Crippen molar-refractivity contribution in [1.29, 1.82) is 0 Å². The van der Waals surface area contributed by atoms with Crippen LogP contribution >= 0.6 is 0 Å². The predicted molar refractivity (Wildman–Crippen MR) is 207 cm³/mol. The SMILES string of the molecule is CCCCCCCC/C=C\CCCCCCCCCCCCCC(=O)OC/C=C(\C)CCC[C@H](C)CCC[C@H](C)CCCC(C)C. The Labute approximate surface area is 290 Å². The molecule has 0 saturated heterocycles. The van der Waals surface area contributed by atoms with Crippen LogP contribution in [0, 0.1) is 17.8 Å². The Balaban J connectivity index is 3.47. The molecule has 2 heteroatoms. The minimum absolute atomic E-state index is 0.0237. The van der Waals surface area contributed by atoms with E-state index in [1.807, 2.05) is 0 Å². The van der Waals surface area contributed by atoms with E-state index in [0.717, 1.165) is 37.0 Å². The number of rotatable bonds is 35. The van der Waals surface area contributed by atoms with Crippen LogP contribution in [0.5, 0.6) is 0 Å². The fourth-order valence-corrected chi connectivity index (χ4v) is 6.56. The van der Waals surface area contributed by atoms with E-state index in [1.165, 1.54) is 166 Å².